The standard InChI is InChI=1S/C16H28N4O/c1-4-7-17-9-14-6-5-8-20(12-14)15-10-18-11-16(19-15)21-13(2)3/h10-11,13-14,17H,4-9,12H2,1-3H3. The third-order valence-electron chi connectivity index (χ3n) is 3.66. The van der Waals surface area contributed by atoms with Crippen molar-refractivity contribution in [3.05, 3.63) is 12.4 Å². The second kappa shape index (κ2) is 8.17. The molecule has 0 radical (unpaired) electrons. The van der Waals surface area contributed by atoms with Gasteiger partial charge in [-0.3, -0.25) is 4.98 Å². The molecule has 1 unspecified atom stereocenters. The fraction of sp³-hybridized carbons (Fsp3) is 0.750. The van der Waals surface area contributed by atoms with E-state index in [2.05, 4.69) is 27.1 Å². The Balaban J connectivity index is 1.94. The number of piperidine rings is 1. The number of anilines is 1. The number of nitrogens with one attached hydrogen (secondary N) is 1. The van der Waals surface area contributed by atoms with Gasteiger partial charge in [0.25, 0.3) is 0 Å². The first-order chi connectivity index (χ1) is 10.2. The molecular formula is C16H28N4O. The van der Waals surface area contributed by atoms with E-state index in [0.717, 1.165) is 32.0 Å². The Bertz CT molecular complexity index is 424. The molecule has 0 saturated carbocycles. The number of ether oxygens (including phenoxy) is 1. The molecule has 1 fully saturated rings. The molecule has 0 bridgehead atoms. The Morgan fingerprint density at radius 3 is 3.05 bits per heavy atom. The van der Waals surface area contributed by atoms with Gasteiger partial charge in [0.1, 0.15) is 0 Å². The van der Waals surface area contributed by atoms with Crippen LogP contribution in [0.5, 0.6) is 5.88 Å². The van der Waals surface area contributed by atoms with Crippen LogP contribution in [0, 0.1) is 5.92 Å². The van der Waals surface area contributed by atoms with Gasteiger partial charge in [-0.1, -0.05) is 6.92 Å². The third kappa shape index (κ3) is 5.16. The molecule has 0 spiro atoms. The third-order valence-corrected chi connectivity index (χ3v) is 3.66. The molecule has 21 heavy (non-hydrogen) atoms. The van der Waals surface area contributed by atoms with E-state index in [1.165, 1.54) is 19.3 Å². The molecule has 1 N–H and O–H groups in total. The highest BCUT2D eigenvalue weighted by Crippen LogP contribution is 2.22. The summed E-state index contributed by atoms with van der Waals surface area (Å²) in [6.07, 6.45) is 7.36. The summed E-state index contributed by atoms with van der Waals surface area (Å²) in [4.78, 5) is 11.2. The Labute approximate surface area is 128 Å². The van der Waals surface area contributed by atoms with Crippen molar-refractivity contribution in [2.24, 2.45) is 5.92 Å². The molecule has 1 atom stereocenters. The number of hydrogen-bond acceptors (Lipinski definition) is 5. The lowest BCUT2D eigenvalue weighted by Crippen LogP contribution is -2.40. The van der Waals surface area contributed by atoms with Gasteiger partial charge < -0.3 is 15.0 Å². The summed E-state index contributed by atoms with van der Waals surface area (Å²) in [5.41, 5.74) is 0. The summed E-state index contributed by atoms with van der Waals surface area (Å²) < 4.78 is 5.64. The SMILES string of the molecule is CCCNCC1CCCN(c2cncc(OC(C)C)n2)C1. The molecule has 5 nitrogen and oxygen atoms in total. The average molecular weight is 292 g/mol. The Morgan fingerprint density at radius 1 is 1.43 bits per heavy atom. The largest absolute Gasteiger partial charge is 0.474 e. The van der Waals surface area contributed by atoms with E-state index in [9.17, 15) is 0 Å². The first-order valence-corrected chi connectivity index (χ1v) is 8.13. The smallest absolute Gasteiger partial charge is 0.234 e. The highest BCUT2D eigenvalue weighted by atomic mass is 16.5. The first kappa shape index (κ1) is 16.0. The van der Waals surface area contributed by atoms with Crippen LogP contribution in [-0.4, -0.2) is 42.3 Å². The van der Waals surface area contributed by atoms with Crippen molar-refractivity contribution in [2.75, 3.05) is 31.1 Å². The molecule has 2 rings (SSSR count). The lowest BCUT2D eigenvalue weighted by molar-refractivity contribution is 0.231. The van der Waals surface area contributed by atoms with Crippen molar-refractivity contribution in [1.29, 1.82) is 0 Å². The van der Waals surface area contributed by atoms with Crippen LogP contribution >= 0.6 is 0 Å². The van der Waals surface area contributed by atoms with Gasteiger partial charge in [0.2, 0.25) is 5.88 Å². The zero-order valence-electron chi connectivity index (χ0n) is 13.5. The van der Waals surface area contributed by atoms with E-state index in [-0.39, 0.29) is 6.10 Å². The molecule has 1 saturated heterocycles. The van der Waals surface area contributed by atoms with Crippen LogP contribution in [0.3, 0.4) is 0 Å². The molecule has 0 aliphatic carbocycles. The maximum Gasteiger partial charge on any atom is 0.234 e. The minimum Gasteiger partial charge on any atom is -0.474 e. The van der Waals surface area contributed by atoms with E-state index in [1.54, 1.807) is 6.20 Å². The van der Waals surface area contributed by atoms with E-state index in [4.69, 9.17) is 4.74 Å². The number of nitrogens with zero attached hydrogens (tertiary/aromatic N) is 3. The molecule has 1 aliphatic heterocycles. The van der Waals surface area contributed by atoms with Gasteiger partial charge >= 0.3 is 0 Å². The van der Waals surface area contributed by atoms with Crippen LogP contribution in [0.4, 0.5) is 5.82 Å². The van der Waals surface area contributed by atoms with Gasteiger partial charge in [0.05, 0.1) is 18.5 Å². The minimum absolute atomic E-state index is 0.127. The van der Waals surface area contributed by atoms with Gasteiger partial charge in [-0.15, -0.1) is 0 Å². The maximum absolute atomic E-state index is 5.64. The van der Waals surface area contributed by atoms with Crippen molar-refractivity contribution in [3.8, 4) is 5.88 Å². The molecule has 1 aliphatic rings. The van der Waals surface area contributed by atoms with E-state index in [0.29, 0.717) is 11.8 Å². The fourth-order valence-corrected chi connectivity index (χ4v) is 2.71. The van der Waals surface area contributed by atoms with Gasteiger partial charge in [-0.05, 0) is 52.1 Å². The zero-order chi connectivity index (χ0) is 15.1. The maximum atomic E-state index is 5.64. The zero-order valence-corrected chi connectivity index (χ0v) is 13.5. The average Bonchev–Trinajstić information content (AvgIpc) is 2.47. The minimum atomic E-state index is 0.127. The van der Waals surface area contributed by atoms with Crippen molar-refractivity contribution in [1.82, 2.24) is 15.3 Å². The van der Waals surface area contributed by atoms with Crippen LogP contribution < -0.4 is 15.0 Å². The number of hydrogen-bond donors (Lipinski definition) is 1. The predicted octanol–water partition coefficient (Wildman–Crippen LogP) is 2.48. The van der Waals surface area contributed by atoms with Crippen molar-refractivity contribution < 1.29 is 4.74 Å². The van der Waals surface area contributed by atoms with Crippen molar-refractivity contribution in [2.45, 2.75) is 46.1 Å². The summed E-state index contributed by atoms with van der Waals surface area (Å²) in [5.74, 6) is 2.25. The highest BCUT2D eigenvalue weighted by molar-refractivity contribution is 5.38. The molecule has 5 heteroatoms. The van der Waals surface area contributed by atoms with E-state index >= 15 is 0 Å². The highest BCUT2D eigenvalue weighted by Gasteiger charge is 2.21. The van der Waals surface area contributed by atoms with Crippen LogP contribution in [-0.2, 0) is 0 Å². The van der Waals surface area contributed by atoms with Crippen LogP contribution in [0.1, 0.15) is 40.0 Å². The predicted molar refractivity (Wildman–Crippen MR) is 85.9 cm³/mol. The van der Waals surface area contributed by atoms with Crippen molar-refractivity contribution in [3.63, 3.8) is 0 Å². The first-order valence-electron chi connectivity index (χ1n) is 8.13. The van der Waals surface area contributed by atoms with Gasteiger partial charge in [0.15, 0.2) is 5.82 Å². The number of aromatic nitrogens is 2. The second-order valence-electron chi connectivity index (χ2n) is 6.04. The normalized spacial score (nSPS) is 19.0. The Morgan fingerprint density at radius 2 is 2.29 bits per heavy atom. The molecule has 118 valence electrons. The summed E-state index contributed by atoms with van der Waals surface area (Å²) >= 11 is 0. The lowest BCUT2D eigenvalue weighted by Gasteiger charge is -2.33. The van der Waals surface area contributed by atoms with Crippen molar-refractivity contribution >= 4 is 5.82 Å². The lowest BCUT2D eigenvalue weighted by atomic mass is 9.98. The molecule has 1 aromatic rings. The summed E-state index contributed by atoms with van der Waals surface area (Å²) in [6.45, 7) is 10.5. The fourth-order valence-electron chi connectivity index (χ4n) is 2.71. The van der Waals surface area contributed by atoms with Crippen LogP contribution in [0.15, 0.2) is 12.4 Å². The monoisotopic (exact) mass is 292 g/mol. The molecule has 1 aromatic heterocycles. The second-order valence-corrected chi connectivity index (χ2v) is 6.04. The molecule has 0 aromatic carbocycles. The quantitative estimate of drug-likeness (QED) is 0.782. The molecule has 0 amide bonds. The van der Waals surface area contributed by atoms with E-state index < -0.39 is 0 Å². The van der Waals surface area contributed by atoms with Crippen LogP contribution in [0.25, 0.3) is 0 Å². The summed E-state index contributed by atoms with van der Waals surface area (Å²) in [6, 6.07) is 0. The van der Waals surface area contributed by atoms with E-state index in [1.807, 2.05) is 20.0 Å². The topological polar surface area (TPSA) is 50.3 Å². The van der Waals surface area contributed by atoms with Gasteiger partial charge in [-0.25, -0.2) is 0 Å². The summed E-state index contributed by atoms with van der Waals surface area (Å²) in [5, 5.41) is 3.53. The summed E-state index contributed by atoms with van der Waals surface area (Å²) in [7, 11) is 0. The van der Waals surface area contributed by atoms with Gasteiger partial charge in [0, 0.05) is 13.1 Å². The van der Waals surface area contributed by atoms with Gasteiger partial charge in [-0.2, -0.15) is 4.98 Å². The Kier molecular flexibility index (Phi) is 6.23. The van der Waals surface area contributed by atoms with Crippen LogP contribution in [0.2, 0.25) is 0 Å². The molecule has 2 heterocycles. The number of rotatable bonds is 7. The molecular weight excluding hydrogens is 264 g/mol. The Hall–Kier alpha value is -1.36.